The lowest BCUT2D eigenvalue weighted by Crippen LogP contribution is -2.40. The van der Waals surface area contributed by atoms with Gasteiger partial charge in [0.25, 0.3) is 5.91 Å². The Kier molecular flexibility index (Phi) is 7.25. The largest absolute Gasteiger partial charge is 0.497 e. The van der Waals surface area contributed by atoms with Crippen LogP contribution in [0.15, 0.2) is 29.4 Å². The molecule has 1 fully saturated rings. The first-order chi connectivity index (χ1) is 12.1. The standard InChI is InChI=1S/C18H24N2O5/c1-14-7-9-20(10-8-14)17(21)12-24-18(22)13-25-19-11-15-3-5-16(23-2)6-4-15/h3-6,11,14H,7-10,12-13H2,1-2H3/b19-11+. The second-order valence-electron chi connectivity index (χ2n) is 6.01. The Morgan fingerprint density at radius 2 is 1.88 bits per heavy atom. The fraction of sp³-hybridized carbons (Fsp3) is 0.500. The van der Waals surface area contributed by atoms with Gasteiger partial charge in [-0.2, -0.15) is 0 Å². The van der Waals surface area contributed by atoms with E-state index in [9.17, 15) is 9.59 Å². The number of carbonyl (C=O) groups excluding carboxylic acids is 2. The van der Waals surface area contributed by atoms with E-state index >= 15 is 0 Å². The van der Waals surface area contributed by atoms with Crippen LogP contribution in [0, 0.1) is 5.92 Å². The van der Waals surface area contributed by atoms with Crippen molar-refractivity contribution in [1.29, 1.82) is 0 Å². The van der Waals surface area contributed by atoms with Gasteiger partial charge in [0, 0.05) is 13.1 Å². The SMILES string of the molecule is COc1ccc(/C=N/OCC(=O)OCC(=O)N2CCC(C)CC2)cc1. The van der Waals surface area contributed by atoms with Crippen molar-refractivity contribution in [2.24, 2.45) is 11.1 Å². The predicted molar refractivity (Wildman–Crippen MR) is 92.5 cm³/mol. The molecular formula is C18H24N2O5. The van der Waals surface area contributed by atoms with Crippen molar-refractivity contribution in [3.05, 3.63) is 29.8 Å². The van der Waals surface area contributed by atoms with Gasteiger partial charge in [-0.15, -0.1) is 0 Å². The number of benzene rings is 1. The highest BCUT2D eigenvalue weighted by atomic mass is 16.7. The maximum Gasteiger partial charge on any atom is 0.347 e. The van der Waals surface area contributed by atoms with Crippen LogP contribution in [0.5, 0.6) is 5.75 Å². The molecule has 1 aromatic carbocycles. The average Bonchev–Trinajstić information content (AvgIpc) is 2.64. The summed E-state index contributed by atoms with van der Waals surface area (Å²) >= 11 is 0. The predicted octanol–water partition coefficient (Wildman–Crippen LogP) is 1.85. The summed E-state index contributed by atoms with van der Waals surface area (Å²) in [6, 6.07) is 7.20. The second-order valence-corrected chi connectivity index (χ2v) is 6.01. The number of rotatable bonds is 7. The molecule has 1 saturated heterocycles. The second kappa shape index (κ2) is 9.66. The van der Waals surface area contributed by atoms with Crippen LogP contribution in [-0.4, -0.2) is 56.4 Å². The van der Waals surface area contributed by atoms with Crippen molar-refractivity contribution < 1.29 is 23.9 Å². The van der Waals surface area contributed by atoms with Crippen LogP contribution in [0.2, 0.25) is 0 Å². The number of carbonyl (C=O) groups is 2. The smallest absolute Gasteiger partial charge is 0.347 e. The summed E-state index contributed by atoms with van der Waals surface area (Å²) in [4.78, 5) is 30.1. The van der Waals surface area contributed by atoms with Gasteiger partial charge >= 0.3 is 5.97 Å². The van der Waals surface area contributed by atoms with Crippen LogP contribution >= 0.6 is 0 Å². The van der Waals surface area contributed by atoms with Crippen LogP contribution in [0.25, 0.3) is 0 Å². The maximum absolute atomic E-state index is 11.9. The van der Waals surface area contributed by atoms with E-state index in [2.05, 4.69) is 12.1 Å². The molecule has 0 unspecified atom stereocenters. The lowest BCUT2D eigenvalue weighted by molar-refractivity contribution is -0.156. The molecule has 7 nitrogen and oxygen atoms in total. The molecule has 0 aliphatic carbocycles. The van der Waals surface area contributed by atoms with Gasteiger partial charge in [-0.1, -0.05) is 12.1 Å². The number of ether oxygens (including phenoxy) is 2. The minimum Gasteiger partial charge on any atom is -0.497 e. The molecule has 1 aromatic rings. The van der Waals surface area contributed by atoms with Gasteiger partial charge in [0.05, 0.1) is 13.3 Å². The monoisotopic (exact) mass is 348 g/mol. The lowest BCUT2D eigenvalue weighted by atomic mass is 9.99. The number of methoxy groups -OCH3 is 1. The molecule has 136 valence electrons. The minimum absolute atomic E-state index is 0.165. The number of piperidine rings is 1. The van der Waals surface area contributed by atoms with E-state index in [0.29, 0.717) is 5.92 Å². The number of amides is 1. The van der Waals surface area contributed by atoms with Gasteiger partial charge in [-0.25, -0.2) is 4.79 Å². The van der Waals surface area contributed by atoms with Crippen molar-refractivity contribution in [3.63, 3.8) is 0 Å². The summed E-state index contributed by atoms with van der Waals surface area (Å²) in [5, 5.41) is 3.70. The summed E-state index contributed by atoms with van der Waals surface area (Å²) in [6.45, 7) is 3.03. The third-order valence-corrected chi connectivity index (χ3v) is 4.07. The molecule has 0 bridgehead atoms. The Labute approximate surface area is 147 Å². The summed E-state index contributed by atoms with van der Waals surface area (Å²) in [7, 11) is 1.59. The Morgan fingerprint density at radius 3 is 2.52 bits per heavy atom. The molecular weight excluding hydrogens is 324 g/mol. The van der Waals surface area contributed by atoms with Crippen LogP contribution in [0.3, 0.4) is 0 Å². The molecule has 1 amide bonds. The molecule has 0 aromatic heterocycles. The summed E-state index contributed by atoms with van der Waals surface area (Å²) in [5.74, 6) is 0.602. The quantitative estimate of drug-likeness (QED) is 0.427. The third kappa shape index (κ3) is 6.45. The Morgan fingerprint density at radius 1 is 1.20 bits per heavy atom. The van der Waals surface area contributed by atoms with Gasteiger partial charge < -0.3 is 19.2 Å². The topological polar surface area (TPSA) is 77.4 Å². The molecule has 1 heterocycles. The normalized spacial score (nSPS) is 15.2. The molecule has 7 heteroatoms. The molecule has 0 radical (unpaired) electrons. The number of oxime groups is 1. The Balaban J connectivity index is 1.63. The van der Waals surface area contributed by atoms with Gasteiger partial charge in [-0.05, 0) is 48.6 Å². The Bertz CT molecular complexity index is 592. The van der Waals surface area contributed by atoms with Crippen molar-refractivity contribution in [3.8, 4) is 5.75 Å². The van der Waals surface area contributed by atoms with Gasteiger partial charge in [0.1, 0.15) is 5.75 Å². The van der Waals surface area contributed by atoms with E-state index in [1.54, 1.807) is 24.1 Å². The molecule has 0 spiro atoms. The van der Waals surface area contributed by atoms with Gasteiger partial charge in [-0.3, -0.25) is 4.79 Å². The molecule has 25 heavy (non-hydrogen) atoms. The fourth-order valence-corrected chi connectivity index (χ4v) is 2.41. The molecule has 1 aliphatic rings. The first-order valence-electron chi connectivity index (χ1n) is 8.31. The van der Waals surface area contributed by atoms with Gasteiger partial charge in [0.2, 0.25) is 6.61 Å². The van der Waals surface area contributed by atoms with Crippen LogP contribution < -0.4 is 4.74 Å². The fourth-order valence-electron chi connectivity index (χ4n) is 2.41. The number of likely N-dealkylation sites (tertiary alicyclic amines) is 1. The number of nitrogens with zero attached hydrogens (tertiary/aromatic N) is 2. The summed E-state index contributed by atoms with van der Waals surface area (Å²) < 4.78 is 9.97. The zero-order valence-electron chi connectivity index (χ0n) is 14.6. The minimum atomic E-state index is -0.620. The Hall–Kier alpha value is -2.57. The van der Waals surface area contributed by atoms with E-state index in [-0.39, 0.29) is 19.1 Å². The highest BCUT2D eigenvalue weighted by molar-refractivity contribution is 5.81. The van der Waals surface area contributed by atoms with Crippen LogP contribution in [0.4, 0.5) is 0 Å². The molecule has 0 saturated carbocycles. The first kappa shape index (κ1) is 18.8. The van der Waals surface area contributed by atoms with E-state index < -0.39 is 5.97 Å². The average molecular weight is 348 g/mol. The lowest BCUT2D eigenvalue weighted by Gasteiger charge is -2.30. The first-order valence-corrected chi connectivity index (χ1v) is 8.31. The molecule has 0 atom stereocenters. The number of esters is 1. The zero-order valence-corrected chi connectivity index (χ0v) is 14.6. The van der Waals surface area contributed by atoms with Crippen molar-refractivity contribution in [2.75, 3.05) is 33.4 Å². The maximum atomic E-state index is 11.9. The van der Waals surface area contributed by atoms with E-state index in [4.69, 9.17) is 14.3 Å². The molecule has 0 N–H and O–H groups in total. The van der Waals surface area contributed by atoms with E-state index in [1.165, 1.54) is 6.21 Å². The van der Waals surface area contributed by atoms with Crippen LogP contribution in [0.1, 0.15) is 25.3 Å². The molecule has 1 aliphatic heterocycles. The highest BCUT2D eigenvalue weighted by Crippen LogP contribution is 2.15. The molecule has 2 rings (SSSR count). The summed E-state index contributed by atoms with van der Waals surface area (Å²) in [5.41, 5.74) is 0.809. The van der Waals surface area contributed by atoms with Gasteiger partial charge in [0.15, 0.2) is 6.61 Å². The third-order valence-electron chi connectivity index (χ3n) is 4.07. The van der Waals surface area contributed by atoms with Crippen molar-refractivity contribution in [1.82, 2.24) is 4.90 Å². The van der Waals surface area contributed by atoms with Crippen molar-refractivity contribution >= 4 is 18.1 Å². The number of hydrogen-bond donors (Lipinski definition) is 0. The van der Waals surface area contributed by atoms with E-state index in [1.807, 2.05) is 12.1 Å². The van der Waals surface area contributed by atoms with E-state index in [0.717, 1.165) is 37.2 Å². The highest BCUT2D eigenvalue weighted by Gasteiger charge is 2.21. The summed E-state index contributed by atoms with van der Waals surface area (Å²) in [6.07, 6.45) is 3.46. The van der Waals surface area contributed by atoms with Crippen molar-refractivity contribution in [2.45, 2.75) is 19.8 Å². The zero-order chi connectivity index (χ0) is 18.1. The number of hydrogen-bond acceptors (Lipinski definition) is 6. The van der Waals surface area contributed by atoms with Crippen LogP contribution in [-0.2, 0) is 19.2 Å².